The third-order valence-electron chi connectivity index (χ3n) is 3.61. The van der Waals surface area contributed by atoms with Crippen LogP contribution in [-0.4, -0.2) is 11.8 Å². The minimum absolute atomic E-state index is 0.0306. The van der Waals surface area contributed by atoms with Crippen LogP contribution in [0.3, 0.4) is 0 Å². The summed E-state index contributed by atoms with van der Waals surface area (Å²) >= 11 is 5.88. The van der Waals surface area contributed by atoms with Gasteiger partial charge in [0.25, 0.3) is 5.91 Å². The summed E-state index contributed by atoms with van der Waals surface area (Å²) in [6, 6.07) is 8.77. The molecule has 0 radical (unpaired) electrons. The van der Waals surface area contributed by atoms with E-state index in [1.165, 1.54) is 13.0 Å². The molecule has 0 bridgehead atoms. The summed E-state index contributed by atoms with van der Waals surface area (Å²) in [6.45, 7) is 1.20. The van der Waals surface area contributed by atoms with Gasteiger partial charge in [-0.25, -0.2) is 0 Å². The van der Waals surface area contributed by atoms with E-state index in [9.17, 15) is 22.8 Å². The van der Waals surface area contributed by atoms with Gasteiger partial charge in [-0.1, -0.05) is 11.6 Å². The summed E-state index contributed by atoms with van der Waals surface area (Å²) in [5.74, 6) is -1.38. The molecule has 0 fully saturated rings. The Morgan fingerprint density at radius 2 is 1.74 bits per heavy atom. The van der Waals surface area contributed by atoms with Crippen LogP contribution in [-0.2, 0) is 11.0 Å². The molecule has 3 rings (SSSR count). The Morgan fingerprint density at radius 3 is 2.41 bits per heavy atom. The zero-order valence-corrected chi connectivity index (χ0v) is 14.5. The minimum Gasteiger partial charge on any atom is -0.451 e. The molecule has 0 saturated heterocycles. The number of furan rings is 1. The van der Waals surface area contributed by atoms with Crippen LogP contribution in [0.25, 0.3) is 11.0 Å². The van der Waals surface area contributed by atoms with E-state index >= 15 is 0 Å². The lowest BCUT2D eigenvalue weighted by Gasteiger charge is -2.14. The molecular formula is C18H12ClF3N2O3. The summed E-state index contributed by atoms with van der Waals surface area (Å²) in [6.07, 6.45) is -4.61. The Morgan fingerprint density at radius 1 is 1.00 bits per heavy atom. The smallest absolute Gasteiger partial charge is 0.416 e. The fraction of sp³-hybridized carbons (Fsp3) is 0.111. The molecule has 27 heavy (non-hydrogen) atoms. The molecule has 140 valence electrons. The van der Waals surface area contributed by atoms with Crippen molar-refractivity contribution < 1.29 is 27.2 Å². The molecule has 2 aromatic carbocycles. The second kappa shape index (κ2) is 6.96. The molecule has 0 unspecified atom stereocenters. The van der Waals surface area contributed by atoms with Crippen LogP contribution in [0.1, 0.15) is 23.0 Å². The maximum absolute atomic E-state index is 13.0. The predicted molar refractivity (Wildman–Crippen MR) is 94.9 cm³/mol. The van der Waals surface area contributed by atoms with Crippen molar-refractivity contribution in [3.05, 3.63) is 58.8 Å². The van der Waals surface area contributed by atoms with Crippen molar-refractivity contribution in [3.8, 4) is 0 Å². The second-order valence-corrected chi connectivity index (χ2v) is 6.12. The number of hydrogen-bond donors (Lipinski definition) is 2. The third kappa shape index (κ3) is 4.22. The fourth-order valence-electron chi connectivity index (χ4n) is 2.43. The number of nitrogens with one attached hydrogen (secondary N) is 2. The largest absolute Gasteiger partial charge is 0.451 e. The number of rotatable bonds is 3. The van der Waals surface area contributed by atoms with Crippen LogP contribution in [0.5, 0.6) is 0 Å². The number of alkyl halides is 3. The lowest BCUT2D eigenvalue weighted by atomic mass is 10.1. The van der Waals surface area contributed by atoms with Crippen LogP contribution in [0.15, 0.2) is 46.9 Å². The Balaban J connectivity index is 1.95. The first-order chi connectivity index (χ1) is 12.6. The van der Waals surface area contributed by atoms with E-state index in [1.54, 1.807) is 18.2 Å². The van der Waals surface area contributed by atoms with Crippen LogP contribution in [0.4, 0.5) is 24.5 Å². The molecule has 1 heterocycles. The van der Waals surface area contributed by atoms with Crippen LogP contribution < -0.4 is 10.6 Å². The van der Waals surface area contributed by atoms with E-state index in [0.29, 0.717) is 16.0 Å². The van der Waals surface area contributed by atoms with Gasteiger partial charge in [-0.15, -0.1) is 0 Å². The summed E-state index contributed by atoms with van der Waals surface area (Å²) < 4.78 is 44.3. The maximum atomic E-state index is 13.0. The predicted octanol–water partition coefficient (Wildman–Crippen LogP) is 5.32. The number of carbonyl (C=O) groups is 2. The van der Waals surface area contributed by atoms with Gasteiger partial charge >= 0.3 is 6.18 Å². The zero-order chi connectivity index (χ0) is 19.8. The number of fused-ring (bicyclic) bond motifs is 1. The first-order valence-electron chi connectivity index (χ1n) is 7.63. The Bertz CT molecular complexity index is 1040. The maximum Gasteiger partial charge on any atom is 0.416 e. The molecular weight excluding hydrogens is 385 g/mol. The number of halogens is 4. The molecule has 0 atom stereocenters. The van der Waals surface area contributed by atoms with Gasteiger partial charge < -0.3 is 15.1 Å². The molecule has 0 aliphatic carbocycles. The lowest BCUT2D eigenvalue weighted by molar-refractivity contribution is -0.137. The van der Waals surface area contributed by atoms with Gasteiger partial charge in [-0.3, -0.25) is 9.59 Å². The van der Waals surface area contributed by atoms with Gasteiger partial charge in [0.15, 0.2) is 5.76 Å². The monoisotopic (exact) mass is 396 g/mol. The molecule has 9 heteroatoms. The molecule has 1 aromatic heterocycles. The molecule has 2 amide bonds. The average Bonchev–Trinajstić information content (AvgIpc) is 2.98. The van der Waals surface area contributed by atoms with Gasteiger partial charge in [0.05, 0.1) is 16.9 Å². The Kier molecular flexibility index (Phi) is 4.84. The van der Waals surface area contributed by atoms with Gasteiger partial charge in [0.1, 0.15) is 5.58 Å². The number of benzene rings is 2. The van der Waals surface area contributed by atoms with Gasteiger partial charge in [0.2, 0.25) is 5.91 Å². The highest BCUT2D eigenvalue weighted by atomic mass is 35.5. The van der Waals surface area contributed by atoms with E-state index < -0.39 is 23.6 Å². The molecule has 3 aromatic rings. The van der Waals surface area contributed by atoms with Crippen molar-refractivity contribution >= 4 is 45.8 Å². The quantitative estimate of drug-likeness (QED) is 0.629. The molecule has 0 saturated carbocycles. The van der Waals surface area contributed by atoms with E-state index in [-0.39, 0.29) is 17.1 Å². The topological polar surface area (TPSA) is 71.3 Å². The van der Waals surface area contributed by atoms with Crippen molar-refractivity contribution in [2.75, 3.05) is 10.6 Å². The zero-order valence-electron chi connectivity index (χ0n) is 13.8. The fourth-order valence-corrected chi connectivity index (χ4v) is 2.61. The Hall–Kier alpha value is -3.00. The average molecular weight is 397 g/mol. The van der Waals surface area contributed by atoms with E-state index in [4.69, 9.17) is 16.0 Å². The van der Waals surface area contributed by atoms with Crippen molar-refractivity contribution in [2.24, 2.45) is 0 Å². The van der Waals surface area contributed by atoms with Crippen LogP contribution in [0, 0.1) is 0 Å². The lowest BCUT2D eigenvalue weighted by Crippen LogP contribution is -2.16. The SMILES string of the molecule is CC(=O)Nc1ccc(C(F)(F)F)cc1NC(=O)c1cc2cc(Cl)ccc2o1. The normalized spacial score (nSPS) is 11.4. The standard InChI is InChI=1S/C18H12ClF3N2O3/c1-9(25)23-13-4-2-11(18(20,21)22)8-14(13)24-17(26)16-7-10-6-12(19)3-5-15(10)27-16/h2-8H,1H3,(H,23,25)(H,24,26). The summed E-state index contributed by atoms with van der Waals surface area (Å²) in [5, 5.41) is 5.73. The highest BCUT2D eigenvalue weighted by Gasteiger charge is 2.31. The van der Waals surface area contributed by atoms with E-state index in [0.717, 1.165) is 18.2 Å². The number of carbonyl (C=O) groups excluding carboxylic acids is 2. The Labute approximate surface area is 156 Å². The molecule has 5 nitrogen and oxygen atoms in total. The van der Waals surface area contributed by atoms with Crippen molar-refractivity contribution in [2.45, 2.75) is 13.1 Å². The van der Waals surface area contributed by atoms with Crippen molar-refractivity contribution in [3.63, 3.8) is 0 Å². The van der Waals surface area contributed by atoms with Crippen LogP contribution in [0.2, 0.25) is 5.02 Å². The van der Waals surface area contributed by atoms with Gasteiger partial charge in [-0.05, 0) is 42.5 Å². The molecule has 0 spiro atoms. The molecule has 0 aliphatic heterocycles. The molecule has 2 N–H and O–H groups in total. The minimum atomic E-state index is -4.61. The number of anilines is 2. The van der Waals surface area contributed by atoms with Crippen LogP contribution >= 0.6 is 11.6 Å². The summed E-state index contributed by atoms with van der Waals surface area (Å²) in [5.41, 5.74) is -0.745. The number of amides is 2. The first kappa shape index (κ1) is 18.8. The summed E-state index contributed by atoms with van der Waals surface area (Å²) in [7, 11) is 0. The third-order valence-corrected chi connectivity index (χ3v) is 3.84. The number of hydrogen-bond acceptors (Lipinski definition) is 3. The van der Waals surface area contributed by atoms with Gasteiger partial charge in [-0.2, -0.15) is 13.2 Å². The summed E-state index contributed by atoms with van der Waals surface area (Å²) in [4.78, 5) is 23.7. The second-order valence-electron chi connectivity index (χ2n) is 5.69. The highest BCUT2D eigenvalue weighted by Crippen LogP contribution is 2.34. The first-order valence-corrected chi connectivity index (χ1v) is 8.00. The van der Waals surface area contributed by atoms with Crippen molar-refractivity contribution in [1.82, 2.24) is 0 Å². The highest BCUT2D eigenvalue weighted by molar-refractivity contribution is 6.31. The van der Waals surface area contributed by atoms with Gasteiger partial charge in [0, 0.05) is 17.3 Å². The van der Waals surface area contributed by atoms with E-state index in [1.807, 2.05) is 0 Å². The van der Waals surface area contributed by atoms with E-state index in [2.05, 4.69) is 10.6 Å². The molecule has 0 aliphatic rings. The van der Waals surface area contributed by atoms with Crippen molar-refractivity contribution in [1.29, 1.82) is 0 Å².